The van der Waals surface area contributed by atoms with Crippen molar-refractivity contribution in [2.24, 2.45) is 5.92 Å². The second-order valence-corrected chi connectivity index (χ2v) is 7.09. The maximum absolute atomic E-state index is 12.8. The standard InChI is InChI=1S/C17H22BrN3O/c1-3-13-16(21-10-12(18)8-9-15(21)19-13)17(22)20-14-7-5-4-6-11(14)2/h8-11,14H,3-7H2,1-2H3,(H,20,22). The van der Waals surface area contributed by atoms with E-state index in [0.717, 1.165) is 28.7 Å². The molecule has 1 fully saturated rings. The van der Waals surface area contributed by atoms with Crippen molar-refractivity contribution in [3.8, 4) is 0 Å². The number of carbonyl (C=O) groups is 1. The molecule has 2 aromatic heterocycles. The minimum absolute atomic E-state index is 0.00111. The van der Waals surface area contributed by atoms with E-state index in [-0.39, 0.29) is 11.9 Å². The number of aryl methyl sites for hydroxylation is 1. The van der Waals surface area contributed by atoms with Gasteiger partial charge >= 0.3 is 0 Å². The second-order valence-electron chi connectivity index (χ2n) is 6.18. The molecule has 1 aliphatic rings. The molecule has 2 atom stereocenters. The molecule has 22 heavy (non-hydrogen) atoms. The van der Waals surface area contributed by atoms with Crippen molar-refractivity contribution in [3.63, 3.8) is 0 Å². The van der Waals surface area contributed by atoms with E-state index in [9.17, 15) is 4.79 Å². The fraction of sp³-hybridized carbons (Fsp3) is 0.529. The summed E-state index contributed by atoms with van der Waals surface area (Å²) in [7, 11) is 0. The van der Waals surface area contributed by atoms with E-state index in [1.807, 2.05) is 29.7 Å². The Balaban J connectivity index is 1.93. The lowest BCUT2D eigenvalue weighted by Gasteiger charge is -2.29. The highest BCUT2D eigenvalue weighted by molar-refractivity contribution is 9.10. The molecule has 1 aliphatic carbocycles. The number of halogens is 1. The topological polar surface area (TPSA) is 46.4 Å². The summed E-state index contributed by atoms with van der Waals surface area (Å²) in [6, 6.07) is 4.17. The third kappa shape index (κ3) is 2.91. The third-order valence-corrected chi connectivity index (χ3v) is 5.10. The molecule has 2 unspecified atom stereocenters. The van der Waals surface area contributed by atoms with E-state index in [0.29, 0.717) is 11.6 Å². The van der Waals surface area contributed by atoms with Gasteiger partial charge in [-0.15, -0.1) is 0 Å². The largest absolute Gasteiger partial charge is 0.348 e. The van der Waals surface area contributed by atoms with Gasteiger partial charge in [0, 0.05) is 16.7 Å². The van der Waals surface area contributed by atoms with Gasteiger partial charge in [-0.1, -0.05) is 26.7 Å². The molecule has 0 aliphatic heterocycles. The van der Waals surface area contributed by atoms with Crippen LogP contribution in [0.2, 0.25) is 0 Å². The first-order chi connectivity index (χ1) is 10.6. The molecule has 0 saturated heterocycles. The molecule has 3 rings (SSSR count). The summed E-state index contributed by atoms with van der Waals surface area (Å²) < 4.78 is 2.84. The van der Waals surface area contributed by atoms with Crippen LogP contribution in [0.15, 0.2) is 22.8 Å². The van der Waals surface area contributed by atoms with E-state index < -0.39 is 0 Å². The predicted octanol–water partition coefficient (Wildman–Crippen LogP) is 3.97. The Morgan fingerprint density at radius 3 is 2.91 bits per heavy atom. The molecule has 118 valence electrons. The predicted molar refractivity (Wildman–Crippen MR) is 91.2 cm³/mol. The Kier molecular flexibility index (Phi) is 4.52. The van der Waals surface area contributed by atoms with Crippen molar-refractivity contribution in [2.45, 2.75) is 52.0 Å². The molecule has 5 heteroatoms. The number of hydrogen-bond donors (Lipinski definition) is 1. The number of imidazole rings is 1. The first-order valence-corrected chi connectivity index (χ1v) is 8.86. The van der Waals surface area contributed by atoms with E-state index in [1.165, 1.54) is 19.3 Å². The van der Waals surface area contributed by atoms with Crippen LogP contribution < -0.4 is 5.32 Å². The quantitative estimate of drug-likeness (QED) is 0.896. The zero-order valence-electron chi connectivity index (χ0n) is 13.1. The fourth-order valence-electron chi connectivity index (χ4n) is 3.32. The van der Waals surface area contributed by atoms with Crippen molar-refractivity contribution < 1.29 is 4.79 Å². The molecule has 0 spiro atoms. The number of fused-ring (bicyclic) bond motifs is 1. The number of aromatic nitrogens is 2. The number of nitrogens with zero attached hydrogens (tertiary/aromatic N) is 2. The summed E-state index contributed by atoms with van der Waals surface area (Å²) in [5, 5.41) is 3.24. The van der Waals surface area contributed by atoms with E-state index in [4.69, 9.17) is 0 Å². The van der Waals surface area contributed by atoms with Gasteiger partial charge in [-0.2, -0.15) is 0 Å². The lowest BCUT2D eigenvalue weighted by Crippen LogP contribution is -2.41. The number of nitrogens with one attached hydrogen (secondary N) is 1. The van der Waals surface area contributed by atoms with Crippen LogP contribution in [0.5, 0.6) is 0 Å². The second kappa shape index (κ2) is 6.41. The Morgan fingerprint density at radius 1 is 1.41 bits per heavy atom. The SMILES string of the molecule is CCc1nc2ccc(Br)cn2c1C(=O)NC1CCCCC1C. The summed E-state index contributed by atoms with van der Waals surface area (Å²) >= 11 is 3.47. The van der Waals surface area contributed by atoms with Crippen molar-refractivity contribution in [1.82, 2.24) is 14.7 Å². The zero-order chi connectivity index (χ0) is 15.7. The Bertz CT molecular complexity index is 695. The molecular weight excluding hydrogens is 342 g/mol. The molecule has 0 bridgehead atoms. The van der Waals surface area contributed by atoms with Gasteiger partial charge in [0.05, 0.1) is 5.69 Å². The minimum Gasteiger partial charge on any atom is -0.348 e. The van der Waals surface area contributed by atoms with E-state index >= 15 is 0 Å². The highest BCUT2D eigenvalue weighted by Gasteiger charge is 2.26. The lowest BCUT2D eigenvalue weighted by molar-refractivity contribution is 0.0903. The van der Waals surface area contributed by atoms with Gasteiger partial charge in [0.1, 0.15) is 11.3 Å². The molecule has 4 nitrogen and oxygen atoms in total. The highest BCUT2D eigenvalue weighted by Crippen LogP contribution is 2.25. The molecular formula is C17H22BrN3O. The first-order valence-electron chi connectivity index (χ1n) is 8.07. The maximum atomic E-state index is 12.8. The third-order valence-electron chi connectivity index (χ3n) is 4.63. The fourth-order valence-corrected chi connectivity index (χ4v) is 3.66. The molecule has 2 heterocycles. The van der Waals surface area contributed by atoms with Crippen molar-refractivity contribution >= 4 is 27.5 Å². The molecule has 0 radical (unpaired) electrons. The van der Waals surface area contributed by atoms with Crippen LogP contribution in [0.1, 0.15) is 55.7 Å². The molecule has 1 N–H and O–H groups in total. The molecule has 1 amide bonds. The Morgan fingerprint density at radius 2 is 2.18 bits per heavy atom. The van der Waals surface area contributed by atoms with Gasteiger partial charge in [0.2, 0.25) is 0 Å². The van der Waals surface area contributed by atoms with Crippen molar-refractivity contribution in [3.05, 3.63) is 34.2 Å². The molecule has 0 aromatic carbocycles. The summed E-state index contributed by atoms with van der Waals surface area (Å²) in [5.74, 6) is 0.551. The van der Waals surface area contributed by atoms with Crippen molar-refractivity contribution in [1.29, 1.82) is 0 Å². The first kappa shape index (κ1) is 15.5. The summed E-state index contributed by atoms with van der Waals surface area (Å²) in [4.78, 5) is 17.4. The van der Waals surface area contributed by atoms with Gasteiger partial charge in [-0.3, -0.25) is 9.20 Å². The summed E-state index contributed by atoms with van der Waals surface area (Å²) in [5.41, 5.74) is 2.36. The minimum atomic E-state index is 0.00111. The van der Waals surface area contributed by atoms with Gasteiger partial charge in [-0.25, -0.2) is 4.98 Å². The zero-order valence-corrected chi connectivity index (χ0v) is 14.7. The van der Waals surface area contributed by atoms with Crippen LogP contribution in [-0.4, -0.2) is 21.3 Å². The molecule has 1 saturated carbocycles. The number of pyridine rings is 1. The van der Waals surface area contributed by atoms with Gasteiger partial charge in [-0.05, 0) is 53.2 Å². The number of amides is 1. The van der Waals surface area contributed by atoms with Crippen LogP contribution in [0.25, 0.3) is 5.65 Å². The Hall–Kier alpha value is -1.36. The maximum Gasteiger partial charge on any atom is 0.270 e. The molecule has 2 aromatic rings. The highest BCUT2D eigenvalue weighted by atomic mass is 79.9. The van der Waals surface area contributed by atoms with E-state index in [2.05, 4.69) is 33.2 Å². The van der Waals surface area contributed by atoms with Crippen LogP contribution >= 0.6 is 15.9 Å². The number of carbonyl (C=O) groups excluding carboxylic acids is 1. The number of hydrogen-bond acceptors (Lipinski definition) is 2. The van der Waals surface area contributed by atoms with Crippen LogP contribution in [0, 0.1) is 5.92 Å². The van der Waals surface area contributed by atoms with Crippen LogP contribution in [0.3, 0.4) is 0 Å². The van der Waals surface area contributed by atoms with Crippen LogP contribution in [-0.2, 0) is 6.42 Å². The van der Waals surface area contributed by atoms with E-state index in [1.54, 1.807) is 0 Å². The van der Waals surface area contributed by atoms with Gasteiger partial charge < -0.3 is 5.32 Å². The Labute approximate surface area is 139 Å². The van der Waals surface area contributed by atoms with Crippen LogP contribution in [0.4, 0.5) is 0 Å². The normalized spacial score (nSPS) is 22.0. The van der Waals surface area contributed by atoms with Gasteiger partial charge in [0.15, 0.2) is 0 Å². The monoisotopic (exact) mass is 363 g/mol. The lowest BCUT2D eigenvalue weighted by atomic mass is 9.86. The smallest absolute Gasteiger partial charge is 0.270 e. The summed E-state index contributed by atoms with van der Waals surface area (Å²) in [6.45, 7) is 4.27. The average molecular weight is 364 g/mol. The number of rotatable bonds is 3. The van der Waals surface area contributed by atoms with Crippen molar-refractivity contribution in [2.75, 3.05) is 0 Å². The summed E-state index contributed by atoms with van der Waals surface area (Å²) in [6.07, 6.45) is 7.42. The average Bonchev–Trinajstić information content (AvgIpc) is 2.87. The van der Waals surface area contributed by atoms with Gasteiger partial charge in [0.25, 0.3) is 5.91 Å².